The van der Waals surface area contributed by atoms with Gasteiger partial charge in [0.2, 0.25) is 0 Å². The van der Waals surface area contributed by atoms with Crippen LogP contribution < -0.4 is 5.73 Å². The van der Waals surface area contributed by atoms with Crippen LogP contribution in [0.2, 0.25) is 0 Å². The first kappa shape index (κ1) is 9.40. The Morgan fingerprint density at radius 2 is 1.79 bits per heavy atom. The van der Waals surface area contributed by atoms with Gasteiger partial charge in [-0.25, -0.2) is 8.78 Å². The molecule has 3 N–H and O–H groups in total. The van der Waals surface area contributed by atoms with Gasteiger partial charge in [0.05, 0.1) is 0 Å². The summed E-state index contributed by atoms with van der Waals surface area (Å²) in [6, 6.07) is 1.85. The van der Waals surface area contributed by atoms with Crippen LogP contribution in [-0.4, -0.2) is 11.7 Å². The highest BCUT2D eigenvalue weighted by Gasteiger charge is 2.46. The lowest BCUT2D eigenvalue weighted by atomic mass is 9.95. The van der Waals surface area contributed by atoms with Crippen LogP contribution in [0.4, 0.5) is 8.78 Å². The Hall–Kier alpha value is -1.16. The zero-order valence-corrected chi connectivity index (χ0v) is 7.56. The molecule has 1 aromatic carbocycles. The van der Waals surface area contributed by atoms with Crippen molar-refractivity contribution in [2.45, 2.75) is 18.3 Å². The quantitative estimate of drug-likeness (QED) is 0.760. The maximum Gasteiger partial charge on any atom is 0.133 e. The molecule has 1 aliphatic carbocycles. The highest BCUT2D eigenvalue weighted by molar-refractivity contribution is 5.38. The van der Waals surface area contributed by atoms with Gasteiger partial charge in [-0.2, -0.15) is 0 Å². The fraction of sp³-hybridized carbons (Fsp3) is 0.400. The predicted molar refractivity (Wildman–Crippen MR) is 48.0 cm³/mol. The Balaban J connectivity index is 2.53. The number of hydrogen-bond acceptors (Lipinski definition) is 2. The molecule has 0 aromatic heterocycles. The summed E-state index contributed by atoms with van der Waals surface area (Å²) in [5.41, 5.74) is 4.98. The lowest BCUT2D eigenvalue weighted by molar-refractivity contribution is 0.450. The molecule has 1 fully saturated rings. The number of rotatable bonds is 2. The van der Waals surface area contributed by atoms with Crippen LogP contribution >= 0.6 is 0 Å². The standard InChI is InChI=1S/C10H11F2NO/c11-7-3-6(14)4-8(12)9(7)10(5-13)1-2-10/h3-4,14H,1-2,5,13H2. The highest BCUT2D eigenvalue weighted by atomic mass is 19.1. The maximum atomic E-state index is 13.4. The molecule has 0 heterocycles. The summed E-state index contributed by atoms with van der Waals surface area (Å²) in [6.45, 7) is 0.242. The molecule has 1 aromatic rings. The molecule has 0 aliphatic heterocycles. The summed E-state index contributed by atoms with van der Waals surface area (Å²) in [6.07, 6.45) is 1.42. The normalized spacial score (nSPS) is 18.2. The van der Waals surface area contributed by atoms with Crippen molar-refractivity contribution in [2.75, 3.05) is 6.54 Å². The van der Waals surface area contributed by atoms with E-state index in [4.69, 9.17) is 10.8 Å². The fourth-order valence-corrected chi connectivity index (χ4v) is 1.77. The molecule has 14 heavy (non-hydrogen) atoms. The number of halogens is 2. The van der Waals surface area contributed by atoms with Gasteiger partial charge in [-0.1, -0.05) is 0 Å². The molecule has 2 rings (SSSR count). The van der Waals surface area contributed by atoms with Gasteiger partial charge in [0.25, 0.3) is 0 Å². The lowest BCUT2D eigenvalue weighted by Crippen LogP contribution is -2.22. The third kappa shape index (κ3) is 1.26. The number of hydrogen-bond donors (Lipinski definition) is 2. The van der Waals surface area contributed by atoms with Crippen LogP contribution in [0.15, 0.2) is 12.1 Å². The minimum absolute atomic E-state index is 0.0257. The number of phenolic OH excluding ortho intramolecular Hbond substituents is 1. The summed E-state index contributed by atoms with van der Waals surface area (Å²) in [4.78, 5) is 0. The first-order valence-corrected chi connectivity index (χ1v) is 4.48. The smallest absolute Gasteiger partial charge is 0.133 e. The third-order valence-electron chi connectivity index (χ3n) is 2.80. The Morgan fingerprint density at radius 1 is 1.29 bits per heavy atom. The fourth-order valence-electron chi connectivity index (χ4n) is 1.77. The minimum Gasteiger partial charge on any atom is -0.508 e. The average Bonchev–Trinajstić information content (AvgIpc) is 2.83. The van der Waals surface area contributed by atoms with Gasteiger partial charge in [-0.3, -0.25) is 0 Å². The van der Waals surface area contributed by atoms with E-state index in [0.717, 1.165) is 12.1 Å². The molecule has 76 valence electrons. The number of nitrogens with two attached hydrogens (primary N) is 1. The van der Waals surface area contributed by atoms with Gasteiger partial charge >= 0.3 is 0 Å². The molecule has 1 aliphatic rings. The largest absolute Gasteiger partial charge is 0.508 e. The van der Waals surface area contributed by atoms with Gasteiger partial charge in [0.15, 0.2) is 0 Å². The summed E-state index contributed by atoms with van der Waals surface area (Å²) >= 11 is 0. The molecule has 1 saturated carbocycles. The molecule has 0 spiro atoms. The predicted octanol–water partition coefficient (Wildman–Crippen LogP) is 1.66. The summed E-state index contributed by atoms with van der Waals surface area (Å²) in [7, 11) is 0. The van der Waals surface area contributed by atoms with E-state index >= 15 is 0 Å². The molecule has 0 amide bonds. The number of aromatic hydroxyl groups is 1. The van der Waals surface area contributed by atoms with Crippen LogP contribution in [0.1, 0.15) is 18.4 Å². The molecule has 4 heteroatoms. The molecule has 0 bridgehead atoms. The van der Waals surface area contributed by atoms with Crippen molar-refractivity contribution in [3.8, 4) is 5.75 Å². The van der Waals surface area contributed by atoms with Crippen LogP contribution in [0.5, 0.6) is 5.75 Å². The van der Waals surface area contributed by atoms with Crippen molar-refractivity contribution >= 4 is 0 Å². The second-order valence-electron chi connectivity index (χ2n) is 3.77. The average molecular weight is 199 g/mol. The topological polar surface area (TPSA) is 46.2 Å². The van der Waals surface area contributed by atoms with E-state index in [9.17, 15) is 8.78 Å². The van der Waals surface area contributed by atoms with Crippen molar-refractivity contribution in [1.82, 2.24) is 0 Å². The lowest BCUT2D eigenvalue weighted by Gasteiger charge is -2.14. The van der Waals surface area contributed by atoms with E-state index in [-0.39, 0.29) is 12.1 Å². The van der Waals surface area contributed by atoms with Crippen molar-refractivity contribution < 1.29 is 13.9 Å². The summed E-state index contributed by atoms with van der Waals surface area (Å²) in [5.74, 6) is -1.80. The maximum absolute atomic E-state index is 13.4. The second-order valence-corrected chi connectivity index (χ2v) is 3.77. The van der Waals surface area contributed by atoms with Crippen molar-refractivity contribution in [3.63, 3.8) is 0 Å². The Kier molecular flexibility index (Phi) is 1.96. The van der Waals surface area contributed by atoms with Crippen LogP contribution in [-0.2, 0) is 5.41 Å². The van der Waals surface area contributed by atoms with Crippen molar-refractivity contribution in [2.24, 2.45) is 5.73 Å². The molecule has 0 radical (unpaired) electrons. The Bertz CT molecular complexity index is 351. The first-order valence-electron chi connectivity index (χ1n) is 4.48. The molecule has 2 nitrogen and oxygen atoms in total. The van der Waals surface area contributed by atoms with Crippen molar-refractivity contribution in [1.29, 1.82) is 0 Å². The number of benzene rings is 1. The van der Waals surface area contributed by atoms with Crippen LogP contribution in [0.25, 0.3) is 0 Å². The monoisotopic (exact) mass is 199 g/mol. The number of phenols is 1. The van der Waals surface area contributed by atoms with Gasteiger partial charge in [0, 0.05) is 29.7 Å². The summed E-state index contributed by atoms with van der Waals surface area (Å²) in [5, 5.41) is 8.97. The van der Waals surface area contributed by atoms with E-state index in [2.05, 4.69) is 0 Å². The summed E-state index contributed by atoms with van der Waals surface area (Å²) < 4.78 is 26.8. The molecule has 0 unspecified atom stereocenters. The van der Waals surface area contributed by atoms with E-state index in [1.165, 1.54) is 0 Å². The van der Waals surface area contributed by atoms with E-state index in [1.807, 2.05) is 0 Å². The highest BCUT2D eigenvalue weighted by Crippen LogP contribution is 2.49. The molecular formula is C10H11F2NO. The zero-order chi connectivity index (χ0) is 10.3. The molecular weight excluding hydrogens is 188 g/mol. The first-order chi connectivity index (χ1) is 6.59. The minimum atomic E-state index is -0.703. The van der Waals surface area contributed by atoms with Crippen LogP contribution in [0, 0.1) is 11.6 Å². The van der Waals surface area contributed by atoms with Gasteiger partial charge in [-0.15, -0.1) is 0 Å². The van der Waals surface area contributed by atoms with Gasteiger partial charge in [-0.05, 0) is 12.8 Å². The Morgan fingerprint density at radius 3 is 2.14 bits per heavy atom. The SMILES string of the molecule is NCC1(c2c(F)cc(O)cc2F)CC1. The molecule has 0 saturated heterocycles. The van der Waals surface area contributed by atoms with E-state index in [0.29, 0.717) is 12.8 Å². The van der Waals surface area contributed by atoms with Crippen molar-refractivity contribution in [3.05, 3.63) is 29.3 Å². The van der Waals surface area contributed by atoms with Gasteiger partial charge < -0.3 is 10.8 Å². The molecule has 0 atom stereocenters. The second kappa shape index (κ2) is 2.92. The zero-order valence-electron chi connectivity index (χ0n) is 7.56. The van der Waals surface area contributed by atoms with E-state index < -0.39 is 22.8 Å². The van der Waals surface area contributed by atoms with Crippen LogP contribution in [0.3, 0.4) is 0 Å². The van der Waals surface area contributed by atoms with E-state index in [1.54, 1.807) is 0 Å². The Labute approximate surface area is 80.4 Å². The third-order valence-corrected chi connectivity index (χ3v) is 2.80. The van der Waals surface area contributed by atoms with Gasteiger partial charge in [0.1, 0.15) is 17.4 Å².